The van der Waals surface area contributed by atoms with E-state index < -0.39 is 0 Å². The maximum absolute atomic E-state index is 13.2. The fraction of sp³-hybridized carbons (Fsp3) is 0.174. The highest BCUT2D eigenvalue weighted by atomic mass is 32.2. The number of thioether (sulfide) groups is 1. The van der Waals surface area contributed by atoms with E-state index in [2.05, 4.69) is 10.2 Å². The number of halogens is 1. The molecule has 0 saturated carbocycles. The van der Waals surface area contributed by atoms with E-state index in [-0.39, 0.29) is 28.6 Å². The zero-order valence-electron chi connectivity index (χ0n) is 17.3. The average Bonchev–Trinajstić information content (AvgIpc) is 3.53. The first-order chi connectivity index (χ1) is 16.2. The molecule has 5 rings (SSSR count). The molecular weight excluding hydrogens is 465 g/mol. The van der Waals surface area contributed by atoms with Crippen LogP contribution in [0.1, 0.15) is 4.88 Å². The standard InChI is InChI=1S/C23H18FN3O4S2/c24-16-5-3-15(4-6-16)22-25-26-23(31-22)33-14-21(28)27(13-18-2-1-11-32-18)17-7-8-19-20(12-17)30-10-9-29-19/h1-8,11-12H,9-10,13-14H2. The summed E-state index contributed by atoms with van der Waals surface area (Å²) in [7, 11) is 0. The second-order valence-electron chi connectivity index (χ2n) is 7.06. The monoisotopic (exact) mass is 483 g/mol. The summed E-state index contributed by atoms with van der Waals surface area (Å²) >= 11 is 2.74. The average molecular weight is 484 g/mol. The number of fused-ring (bicyclic) bond motifs is 1. The van der Waals surface area contributed by atoms with Crippen LogP contribution < -0.4 is 14.4 Å². The Labute approximate surface area is 197 Å². The number of anilines is 1. The van der Waals surface area contributed by atoms with E-state index in [9.17, 15) is 9.18 Å². The predicted molar refractivity (Wildman–Crippen MR) is 123 cm³/mol. The van der Waals surface area contributed by atoms with E-state index in [1.54, 1.807) is 28.4 Å². The molecule has 168 valence electrons. The lowest BCUT2D eigenvalue weighted by Crippen LogP contribution is -2.31. The number of hydrogen-bond donors (Lipinski definition) is 0. The number of ether oxygens (including phenoxy) is 2. The molecule has 0 fully saturated rings. The normalized spacial score (nSPS) is 12.5. The van der Waals surface area contributed by atoms with Gasteiger partial charge in [0.2, 0.25) is 11.8 Å². The van der Waals surface area contributed by atoms with Crippen molar-refractivity contribution in [3.05, 3.63) is 70.7 Å². The van der Waals surface area contributed by atoms with Crippen LogP contribution in [0.15, 0.2) is 69.6 Å². The Kier molecular flexibility index (Phi) is 6.27. The van der Waals surface area contributed by atoms with Gasteiger partial charge in [0.15, 0.2) is 11.5 Å². The Morgan fingerprint density at radius 1 is 1.06 bits per heavy atom. The molecule has 1 amide bonds. The molecule has 2 aromatic heterocycles. The molecule has 0 unspecified atom stereocenters. The van der Waals surface area contributed by atoms with Gasteiger partial charge >= 0.3 is 0 Å². The van der Waals surface area contributed by atoms with Gasteiger partial charge in [0.25, 0.3) is 5.22 Å². The summed E-state index contributed by atoms with van der Waals surface area (Å²) < 4.78 is 30.1. The van der Waals surface area contributed by atoms with Crippen molar-refractivity contribution in [2.75, 3.05) is 23.9 Å². The second kappa shape index (κ2) is 9.63. The number of nitrogens with zero attached hydrogens (tertiary/aromatic N) is 3. The smallest absolute Gasteiger partial charge is 0.277 e. The number of carbonyl (C=O) groups excluding carboxylic acids is 1. The fourth-order valence-electron chi connectivity index (χ4n) is 3.26. The third kappa shape index (κ3) is 5.01. The van der Waals surface area contributed by atoms with Gasteiger partial charge in [-0.1, -0.05) is 17.8 Å². The SMILES string of the molecule is O=C(CSc1nnc(-c2ccc(F)cc2)o1)N(Cc1cccs1)c1ccc2c(c1)OCCO2. The molecule has 1 aliphatic heterocycles. The molecule has 0 radical (unpaired) electrons. The number of carbonyl (C=O) groups is 1. The summed E-state index contributed by atoms with van der Waals surface area (Å²) in [5.74, 6) is 1.20. The van der Waals surface area contributed by atoms with Gasteiger partial charge in [-0.2, -0.15) is 0 Å². The topological polar surface area (TPSA) is 77.7 Å². The molecule has 4 aromatic rings. The van der Waals surface area contributed by atoms with E-state index in [1.807, 2.05) is 35.7 Å². The molecule has 3 heterocycles. The highest BCUT2D eigenvalue weighted by molar-refractivity contribution is 7.99. The highest BCUT2D eigenvalue weighted by Crippen LogP contribution is 2.35. The maximum atomic E-state index is 13.2. The first-order valence-electron chi connectivity index (χ1n) is 10.1. The van der Waals surface area contributed by atoms with Gasteiger partial charge in [-0.05, 0) is 47.8 Å². The van der Waals surface area contributed by atoms with Crippen molar-refractivity contribution in [1.82, 2.24) is 10.2 Å². The van der Waals surface area contributed by atoms with Crippen LogP contribution in [0.25, 0.3) is 11.5 Å². The second-order valence-corrected chi connectivity index (χ2v) is 9.01. The van der Waals surface area contributed by atoms with Crippen LogP contribution in [0.4, 0.5) is 10.1 Å². The van der Waals surface area contributed by atoms with Gasteiger partial charge in [-0.25, -0.2) is 4.39 Å². The van der Waals surface area contributed by atoms with Gasteiger partial charge in [-0.15, -0.1) is 21.5 Å². The number of amides is 1. The molecule has 0 saturated heterocycles. The number of benzene rings is 2. The fourth-order valence-corrected chi connectivity index (χ4v) is 4.59. The summed E-state index contributed by atoms with van der Waals surface area (Å²) in [5.41, 5.74) is 1.33. The minimum absolute atomic E-state index is 0.102. The Balaban J connectivity index is 1.32. The Bertz CT molecular complexity index is 1250. The summed E-state index contributed by atoms with van der Waals surface area (Å²) in [6.45, 7) is 1.41. The summed E-state index contributed by atoms with van der Waals surface area (Å²) in [6.07, 6.45) is 0. The predicted octanol–water partition coefficient (Wildman–Crippen LogP) is 5.03. The first-order valence-corrected chi connectivity index (χ1v) is 12.0. The minimum atomic E-state index is -0.344. The minimum Gasteiger partial charge on any atom is -0.486 e. The molecule has 2 aromatic carbocycles. The van der Waals surface area contributed by atoms with Crippen molar-refractivity contribution in [2.45, 2.75) is 11.8 Å². The summed E-state index contributed by atoms with van der Waals surface area (Å²) in [4.78, 5) is 16.0. The van der Waals surface area contributed by atoms with Crippen molar-refractivity contribution in [3.8, 4) is 23.0 Å². The van der Waals surface area contributed by atoms with E-state index in [0.717, 1.165) is 22.3 Å². The highest BCUT2D eigenvalue weighted by Gasteiger charge is 2.21. The lowest BCUT2D eigenvalue weighted by atomic mass is 10.2. The lowest BCUT2D eigenvalue weighted by molar-refractivity contribution is -0.116. The van der Waals surface area contributed by atoms with Crippen LogP contribution in [0.2, 0.25) is 0 Å². The van der Waals surface area contributed by atoms with E-state index >= 15 is 0 Å². The van der Waals surface area contributed by atoms with Crippen molar-refractivity contribution >= 4 is 34.7 Å². The quantitative estimate of drug-likeness (QED) is 0.341. The third-order valence-corrected chi connectivity index (χ3v) is 6.51. The summed E-state index contributed by atoms with van der Waals surface area (Å²) in [6, 6.07) is 15.2. The molecule has 7 nitrogen and oxygen atoms in total. The zero-order valence-corrected chi connectivity index (χ0v) is 18.9. The van der Waals surface area contributed by atoms with Crippen LogP contribution in [-0.2, 0) is 11.3 Å². The van der Waals surface area contributed by atoms with E-state index in [4.69, 9.17) is 13.9 Å². The van der Waals surface area contributed by atoms with E-state index in [1.165, 1.54) is 12.1 Å². The van der Waals surface area contributed by atoms with Gasteiger partial charge in [0.05, 0.1) is 12.3 Å². The number of hydrogen-bond acceptors (Lipinski definition) is 8. The molecule has 0 spiro atoms. The molecule has 10 heteroatoms. The van der Waals surface area contributed by atoms with Gasteiger partial charge in [-0.3, -0.25) is 4.79 Å². The van der Waals surface area contributed by atoms with Gasteiger partial charge in [0, 0.05) is 22.2 Å². The molecule has 33 heavy (non-hydrogen) atoms. The largest absolute Gasteiger partial charge is 0.486 e. The van der Waals surface area contributed by atoms with Crippen molar-refractivity contribution in [3.63, 3.8) is 0 Å². The number of aromatic nitrogens is 2. The van der Waals surface area contributed by atoms with Gasteiger partial charge in [0.1, 0.15) is 19.0 Å². The Morgan fingerprint density at radius 3 is 2.67 bits per heavy atom. The Hall–Kier alpha value is -3.37. The van der Waals surface area contributed by atoms with Crippen LogP contribution in [0.5, 0.6) is 11.5 Å². The van der Waals surface area contributed by atoms with Gasteiger partial charge < -0.3 is 18.8 Å². The molecular formula is C23H18FN3O4S2. The number of thiophene rings is 1. The number of rotatable bonds is 7. The van der Waals surface area contributed by atoms with Crippen LogP contribution >= 0.6 is 23.1 Å². The molecule has 0 bridgehead atoms. The van der Waals surface area contributed by atoms with Crippen LogP contribution in [0, 0.1) is 5.82 Å². The van der Waals surface area contributed by atoms with Crippen LogP contribution in [0.3, 0.4) is 0 Å². The molecule has 0 N–H and O–H groups in total. The van der Waals surface area contributed by atoms with Crippen LogP contribution in [-0.4, -0.2) is 35.1 Å². The molecule has 0 aliphatic carbocycles. The summed E-state index contributed by atoms with van der Waals surface area (Å²) in [5, 5.41) is 10.2. The van der Waals surface area contributed by atoms with E-state index in [0.29, 0.717) is 36.8 Å². The third-order valence-electron chi connectivity index (χ3n) is 4.85. The maximum Gasteiger partial charge on any atom is 0.277 e. The Morgan fingerprint density at radius 2 is 1.88 bits per heavy atom. The lowest BCUT2D eigenvalue weighted by Gasteiger charge is -2.25. The van der Waals surface area contributed by atoms with Crippen molar-refractivity contribution < 1.29 is 23.1 Å². The van der Waals surface area contributed by atoms with Crippen molar-refractivity contribution in [2.24, 2.45) is 0 Å². The van der Waals surface area contributed by atoms with Crippen molar-refractivity contribution in [1.29, 1.82) is 0 Å². The first kappa shape index (κ1) is 21.5. The zero-order chi connectivity index (χ0) is 22.6. The molecule has 0 atom stereocenters. The molecule has 1 aliphatic rings.